The minimum Gasteiger partial charge on any atom is -0.340 e. The van der Waals surface area contributed by atoms with Crippen LogP contribution >= 0.6 is 23.4 Å². The Morgan fingerprint density at radius 1 is 1.00 bits per heavy atom. The lowest BCUT2D eigenvalue weighted by molar-refractivity contribution is -0.123. The Morgan fingerprint density at radius 3 is 2.32 bits per heavy atom. The second-order valence-electron chi connectivity index (χ2n) is 6.10. The predicted molar refractivity (Wildman–Crippen MR) is 112 cm³/mol. The number of carbonyl (C=O) groups is 3. The van der Waals surface area contributed by atoms with Crippen molar-refractivity contribution in [1.29, 1.82) is 0 Å². The van der Waals surface area contributed by atoms with E-state index in [0.717, 1.165) is 5.56 Å². The highest BCUT2D eigenvalue weighted by molar-refractivity contribution is 7.98. The summed E-state index contributed by atoms with van der Waals surface area (Å²) < 4.78 is 0. The molecule has 0 bridgehead atoms. The lowest BCUT2D eigenvalue weighted by Crippen LogP contribution is -2.52. The fraction of sp³-hybridized carbons (Fsp3) is 0.250. The molecule has 6 nitrogen and oxygen atoms in total. The number of halogens is 1. The van der Waals surface area contributed by atoms with Crippen LogP contribution in [0.3, 0.4) is 0 Å². The van der Waals surface area contributed by atoms with Crippen molar-refractivity contribution in [2.75, 3.05) is 12.0 Å². The van der Waals surface area contributed by atoms with E-state index in [4.69, 9.17) is 11.6 Å². The molecule has 1 atom stereocenters. The predicted octanol–water partition coefficient (Wildman–Crippen LogP) is 2.96. The maximum Gasteiger partial charge on any atom is 0.269 e. The molecule has 0 aliphatic rings. The first-order chi connectivity index (χ1) is 13.4. The van der Waals surface area contributed by atoms with E-state index in [1.165, 1.54) is 0 Å². The molecule has 0 aromatic heterocycles. The number of nitrogens with one attached hydrogen (secondary N) is 3. The highest BCUT2D eigenvalue weighted by Crippen LogP contribution is 2.15. The van der Waals surface area contributed by atoms with Gasteiger partial charge in [0.05, 0.1) is 10.6 Å². The van der Waals surface area contributed by atoms with Crippen LogP contribution in [0, 0.1) is 6.92 Å². The molecule has 148 valence electrons. The molecule has 0 saturated carbocycles. The van der Waals surface area contributed by atoms with E-state index >= 15 is 0 Å². The van der Waals surface area contributed by atoms with Gasteiger partial charge in [-0.25, -0.2) is 0 Å². The first kappa shape index (κ1) is 21.8. The van der Waals surface area contributed by atoms with Gasteiger partial charge in [0, 0.05) is 5.56 Å². The molecule has 0 unspecified atom stereocenters. The van der Waals surface area contributed by atoms with Gasteiger partial charge in [-0.15, -0.1) is 0 Å². The van der Waals surface area contributed by atoms with Crippen molar-refractivity contribution in [3.05, 3.63) is 70.2 Å². The molecular formula is C20H22ClN3O3S. The quantitative estimate of drug-likeness (QED) is 0.602. The number of carbonyl (C=O) groups excluding carboxylic acids is 3. The largest absolute Gasteiger partial charge is 0.340 e. The number of amides is 3. The molecule has 3 amide bonds. The average Bonchev–Trinajstić information content (AvgIpc) is 2.69. The summed E-state index contributed by atoms with van der Waals surface area (Å²) in [6.07, 6.45) is 2.31. The molecule has 0 spiro atoms. The summed E-state index contributed by atoms with van der Waals surface area (Å²) in [6.45, 7) is 1.92. The second kappa shape index (κ2) is 10.7. The third-order valence-corrected chi connectivity index (χ3v) is 4.94. The fourth-order valence-corrected chi connectivity index (χ4v) is 3.06. The van der Waals surface area contributed by atoms with Crippen molar-refractivity contribution in [2.45, 2.75) is 19.4 Å². The summed E-state index contributed by atoms with van der Waals surface area (Å²) in [5, 5.41) is 2.98. The standard InChI is InChI=1S/C20H22ClN3O3S/c1-13-7-9-14(10-8-13)18(25)23-24-20(27)17(11-12-28-2)22-19(26)15-5-3-4-6-16(15)21/h3-10,17H,11-12H2,1-2H3,(H,22,26)(H,23,25)(H,24,27)/t17-/m1/s1. The number of hydrazine groups is 1. The molecule has 8 heteroatoms. The maximum absolute atomic E-state index is 12.5. The molecule has 0 heterocycles. The minimum atomic E-state index is -0.811. The molecule has 0 aliphatic carbocycles. The van der Waals surface area contributed by atoms with Gasteiger partial charge < -0.3 is 5.32 Å². The zero-order valence-electron chi connectivity index (χ0n) is 15.6. The monoisotopic (exact) mass is 419 g/mol. The lowest BCUT2D eigenvalue weighted by Gasteiger charge is -2.19. The van der Waals surface area contributed by atoms with E-state index in [0.29, 0.717) is 22.8 Å². The van der Waals surface area contributed by atoms with Crippen LogP contribution in [0.15, 0.2) is 48.5 Å². The Morgan fingerprint density at radius 2 is 1.68 bits per heavy atom. The maximum atomic E-state index is 12.5. The normalized spacial score (nSPS) is 11.4. The van der Waals surface area contributed by atoms with Crippen molar-refractivity contribution >= 4 is 41.1 Å². The second-order valence-corrected chi connectivity index (χ2v) is 7.49. The fourth-order valence-electron chi connectivity index (χ4n) is 2.37. The van der Waals surface area contributed by atoms with Gasteiger partial charge in [0.1, 0.15) is 6.04 Å². The Labute approximate surface area is 173 Å². The lowest BCUT2D eigenvalue weighted by atomic mass is 10.1. The highest BCUT2D eigenvalue weighted by atomic mass is 35.5. The Hall–Kier alpha value is -2.51. The number of aryl methyl sites for hydroxylation is 1. The van der Waals surface area contributed by atoms with Crippen molar-refractivity contribution in [3.63, 3.8) is 0 Å². The molecule has 28 heavy (non-hydrogen) atoms. The summed E-state index contributed by atoms with van der Waals surface area (Å²) in [7, 11) is 0. The van der Waals surface area contributed by atoms with Crippen LogP contribution in [0.25, 0.3) is 0 Å². The van der Waals surface area contributed by atoms with Gasteiger partial charge in [-0.3, -0.25) is 25.2 Å². The van der Waals surface area contributed by atoms with Gasteiger partial charge >= 0.3 is 0 Å². The van der Waals surface area contributed by atoms with Crippen LogP contribution in [0.5, 0.6) is 0 Å². The summed E-state index contributed by atoms with van der Waals surface area (Å²) in [4.78, 5) is 37.1. The van der Waals surface area contributed by atoms with Crippen LogP contribution in [-0.4, -0.2) is 35.8 Å². The first-order valence-corrected chi connectivity index (χ1v) is 10.4. The summed E-state index contributed by atoms with van der Waals surface area (Å²) in [6, 6.07) is 12.7. The van der Waals surface area contributed by atoms with Crippen molar-refractivity contribution < 1.29 is 14.4 Å². The molecule has 0 radical (unpaired) electrons. The zero-order chi connectivity index (χ0) is 20.5. The Balaban J connectivity index is 2.00. The zero-order valence-corrected chi connectivity index (χ0v) is 17.2. The molecule has 2 aromatic carbocycles. The number of rotatable bonds is 7. The van der Waals surface area contributed by atoms with Crippen LogP contribution in [0.2, 0.25) is 5.02 Å². The van der Waals surface area contributed by atoms with Crippen molar-refractivity contribution in [3.8, 4) is 0 Å². The number of hydrogen-bond acceptors (Lipinski definition) is 4. The average molecular weight is 420 g/mol. The van der Waals surface area contributed by atoms with Crippen LogP contribution in [0.4, 0.5) is 0 Å². The van der Waals surface area contributed by atoms with Crippen LogP contribution < -0.4 is 16.2 Å². The van der Waals surface area contributed by atoms with Gasteiger partial charge in [-0.1, -0.05) is 41.4 Å². The van der Waals surface area contributed by atoms with Gasteiger partial charge in [0.15, 0.2) is 0 Å². The van der Waals surface area contributed by atoms with E-state index in [-0.39, 0.29) is 5.56 Å². The third-order valence-electron chi connectivity index (χ3n) is 3.96. The Kier molecular flexibility index (Phi) is 8.35. The highest BCUT2D eigenvalue weighted by Gasteiger charge is 2.22. The van der Waals surface area contributed by atoms with Gasteiger partial charge in [-0.2, -0.15) is 11.8 Å². The number of thioether (sulfide) groups is 1. The molecule has 0 fully saturated rings. The molecule has 2 rings (SSSR count). The van der Waals surface area contributed by atoms with Gasteiger partial charge in [0.2, 0.25) is 0 Å². The molecule has 0 aliphatic heterocycles. The van der Waals surface area contributed by atoms with Crippen LogP contribution in [0.1, 0.15) is 32.7 Å². The number of benzene rings is 2. The van der Waals surface area contributed by atoms with Gasteiger partial charge in [0.25, 0.3) is 17.7 Å². The third kappa shape index (κ3) is 6.28. The van der Waals surface area contributed by atoms with Gasteiger partial charge in [-0.05, 0) is 49.6 Å². The van der Waals surface area contributed by atoms with E-state index in [1.54, 1.807) is 48.2 Å². The Bertz CT molecular complexity index is 843. The van der Waals surface area contributed by atoms with E-state index in [9.17, 15) is 14.4 Å². The topological polar surface area (TPSA) is 87.3 Å². The summed E-state index contributed by atoms with van der Waals surface area (Å²) in [5.41, 5.74) is 6.49. The summed E-state index contributed by atoms with van der Waals surface area (Å²) >= 11 is 7.60. The first-order valence-electron chi connectivity index (χ1n) is 8.63. The van der Waals surface area contributed by atoms with Crippen molar-refractivity contribution in [2.24, 2.45) is 0 Å². The SMILES string of the molecule is CSCC[C@@H](NC(=O)c1ccccc1Cl)C(=O)NNC(=O)c1ccc(C)cc1. The van der Waals surface area contributed by atoms with Crippen molar-refractivity contribution in [1.82, 2.24) is 16.2 Å². The van der Waals surface area contributed by atoms with E-state index in [1.807, 2.05) is 25.3 Å². The van der Waals surface area contributed by atoms with E-state index in [2.05, 4.69) is 16.2 Å². The molecule has 3 N–H and O–H groups in total. The molecule has 0 saturated heterocycles. The van der Waals surface area contributed by atoms with Crippen LogP contribution in [-0.2, 0) is 4.79 Å². The smallest absolute Gasteiger partial charge is 0.269 e. The number of hydrogen-bond donors (Lipinski definition) is 3. The summed E-state index contributed by atoms with van der Waals surface area (Å²) in [5.74, 6) is -0.728. The van der Waals surface area contributed by atoms with E-state index < -0.39 is 23.8 Å². The minimum absolute atomic E-state index is 0.287. The molecular weight excluding hydrogens is 398 g/mol. The molecule has 2 aromatic rings.